The van der Waals surface area contributed by atoms with Crippen LogP contribution in [0.2, 0.25) is 0 Å². The largest absolute Gasteiger partial charge is 0.496 e. The summed E-state index contributed by atoms with van der Waals surface area (Å²) in [6.07, 6.45) is 1.26. The molecule has 1 aliphatic carbocycles. The van der Waals surface area contributed by atoms with Crippen molar-refractivity contribution in [1.82, 2.24) is 14.8 Å². The Bertz CT molecular complexity index is 2350. The van der Waals surface area contributed by atoms with E-state index in [9.17, 15) is 24.6 Å². The number of aromatic amines is 1. The first-order valence-electron chi connectivity index (χ1n) is 21.3. The van der Waals surface area contributed by atoms with Gasteiger partial charge in [0.1, 0.15) is 22.9 Å². The van der Waals surface area contributed by atoms with E-state index in [0.29, 0.717) is 74.4 Å². The lowest BCUT2D eigenvalue weighted by molar-refractivity contribution is -0.212. The molecule has 6 aliphatic rings. The highest BCUT2D eigenvalue weighted by Gasteiger charge is 2.78. The number of methoxy groups -OCH3 is 3. The number of aliphatic hydroxyl groups is 2. The first-order valence-corrected chi connectivity index (χ1v) is 21.3. The second kappa shape index (κ2) is 14.6. The summed E-state index contributed by atoms with van der Waals surface area (Å²) in [5.74, 6) is -3.20. The number of anilines is 1. The number of rotatable bonds is 8. The Morgan fingerprint density at radius 3 is 2.48 bits per heavy atom. The van der Waals surface area contributed by atoms with Crippen LogP contribution < -0.4 is 9.64 Å². The molecule has 0 radical (unpaired) electrons. The molecule has 1 saturated carbocycles. The van der Waals surface area contributed by atoms with Gasteiger partial charge in [-0.1, -0.05) is 36.8 Å². The van der Waals surface area contributed by atoms with Crippen molar-refractivity contribution in [2.24, 2.45) is 11.8 Å². The number of carbonyl (C=O) groups is 4. The summed E-state index contributed by atoms with van der Waals surface area (Å²) in [5, 5.41) is 26.0. The van der Waals surface area contributed by atoms with E-state index in [1.807, 2.05) is 37.3 Å². The van der Waals surface area contributed by atoms with Gasteiger partial charge in [-0.15, -0.1) is 0 Å². The molecule has 326 valence electrons. The summed E-state index contributed by atoms with van der Waals surface area (Å²) in [6, 6.07) is 9.62. The zero-order valence-electron chi connectivity index (χ0n) is 35.5. The quantitative estimate of drug-likeness (QED) is 0.131. The zero-order valence-corrected chi connectivity index (χ0v) is 35.5. The molecule has 2 aromatic carbocycles. The first-order chi connectivity index (χ1) is 29.2. The van der Waals surface area contributed by atoms with Gasteiger partial charge in [0, 0.05) is 78.7 Å². The van der Waals surface area contributed by atoms with Gasteiger partial charge >= 0.3 is 17.9 Å². The molecule has 5 aliphatic heterocycles. The van der Waals surface area contributed by atoms with Crippen LogP contribution in [0, 0.1) is 11.8 Å². The normalized spacial score (nSPS) is 35.6. The second-order valence-electron chi connectivity index (χ2n) is 18.1. The van der Waals surface area contributed by atoms with Gasteiger partial charge in [0.25, 0.3) is 0 Å². The minimum absolute atomic E-state index is 0.0855. The van der Waals surface area contributed by atoms with Crippen LogP contribution in [0.1, 0.15) is 68.8 Å². The standard InChI is InChI=1S/C46H55FN4O10/c1-7-28-12-16-50-17-14-44-31-18-32(35(58-4)19-34(31)51(24-52)40(44)46(57,42(55)60-6)39(61-26(3)53)36(28)38(44)50)45(41(54)59-5)21-27-20-43(56,25(2)47)23-49(22-27)15-13-30-29-10-8-9-11-33(29)48-37(30)45/h8-12,18-19,24-25,27,36,38-40,48,56-57H,7,13-17,20-23H2,1-6H3/t25?,27-,36?,38-,39+,40+,43-,44+,45-,46+/m0/s1. The summed E-state index contributed by atoms with van der Waals surface area (Å²) in [5.41, 5.74) is -2.46. The molecular formula is C46H55FN4O10. The molecule has 61 heavy (non-hydrogen) atoms. The fourth-order valence-electron chi connectivity index (χ4n) is 13.1. The Morgan fingerprint density at radius 1 is 1.05 bits per heavy atom. The number of esters is 3. The minimum Gasteiger partial charge on any atom is -0.496 e. The minimum atomic E-state index is -2.54. The maximum Gasteiger partial charge on any atom is 0.344 e. The number of benzene rings is 2. The lowest BCUT2D eigenvalue weighted by Crippen LogP contribution is -2.78. The molecule has 15 heteroatoms. The van der Waals surface area contributed by atoms with Crippen molar-refractivity contribution in [1.29, 1.82) is 0 Å². The number of amides is 1. The third-order valence-electron chi connectivity index (χ3n) is 15.4. The van der Waals surface area contributed by atoms with E-state index in [4.69, 9.17) is 18.9 Å². The number of halogens is 1. The Morgan fingerprint density at radius 2 is 1.80 bits per heavy atom. The summed E-state index contributed by atoms with van der Waals surface area (Å²) in [7, 11) is 3.97. The predicted octanol–water partition coefficient (Wildman–Crippen LogP) is 3.47. The molecule has 1 spiro atoms. The summed E-state index contributed by atoms with van der Waals surface area (Å²) in [4.78, 5) is 65.6. The van der Waals surface area contributed by atoms with Crippen LogP contribution >= 0.6 is 0 Å². The topological polar surface area (TPSA) is 171 Å². The van der Waals surface area contributed by atoms with E-state index >= 15 is 9.18 Å². The monoisotopic (exact) mass is 842 g/mol. The Hall–Kier alpha value is -4.83. The molecule has 3 aromatic rings. The number of nitrogens with zero attached hydrogens (tertiary/aromatic N) is 3. The summed E-state index contributed by atoms with van der Waals surface area (Å²) in [6.45, 7) is 6.79. The molecule has 9 rings (SSSR count). The number of nitrogens with one attached hydrogen (secondary N) is 1. The molecule has 6 heterocycles. The van der Waals surface area contributed by atoms with Crippen molar-refractivity contribution < 1.29 is 52.7 Å². The van der Waals surface area contributed by atoms with Crippen LogP contribution in [0.3, 0.4) is 0 Å². The molecule has 3 unspecified atom stereocenters. The van der Waals surface area contributed by atoms with Gasteiger partial charge in [-0.2, -0.15) is 0 Å². The predicted molar refractivity (Wildman–Crippen MR) is 221 cm³/mol. The highest BCUT2D eigenvalue weighted by Crippen LogP contribution is 2.65. The van der Waals surface area contributed by atoms with Crippen LogP contribution in [0.25, 0.3) is 10.9 Å². The Kier molecular flexibility index (Phi) is 9.96. The van der Waals surface area contributed by atoms with Crippen molar-refractivity contribution >= 4 is 40.9 Å². The van der Waals surface area contributed by atoms with E-state index in [1.165, 1.54) is 33.0 Å². The number of carbonyl (C=O) groups excluding carboxylic acids is 4. The number of piperidine rings is 1. The summed E-state index contributed by atoms with van der Waals surface area (Å²) >= 11 is 0. The third kappa shape index (κ3) is 5.58. The first kappa shape index (κ1) is 41.5. The van der Waals surface area contributed by atoms with Crippen molar-refractivity contribution in [2.75, 3.05) is 59.0 Å². The van der Waals surface area contributed by atoms with E-state index in [1.54, 1.807) is 6.07 Å². The maximum absolute atomic E-state index is 15.5. The van der Waals surface area contributed by atoms with E-state index in [2.05, 4.69) is 20.9 Å². The van der Waals surface area contributed by atoms with Gasteiger partial charge in [-0.25, -0.2) is 9.18 Å². The number of hydrogen-bond donors (Lipinski definition) is 3. The number of para-hydroxylation sites is 1. The Balaban J connectivity index is 1.37. The smallest absolute Gasteiger partial charge is 0.344 e. The Labute approximate surface area is 353 Å². The van der Waals surface area contributed by atoms with Crippen molar-refractivity contribution in [3.8, 4) is 5.75 Å². The highest BCUT2D eigenvalue weighted by atomic mass is 19.1. The van der Waals surface area contributed by atoms with E-state index in [-0.39, 0.29) is 25.1 Å². The molecule has 2 bridgehead atoms. The van der Waals surface area contributed by atoms with Crippen LogP contribution in [0.15, 0.2) is 48.0 Å². The van der Waals surface area contributed by atoms with E-state index in [0.717, 1.165) is 29.1 Å². The average Bonchev–Trinajstić information content (AvgIpc) is 3.92. The van der Waals surface area contributed by atoms with Gasteiger partial charge in [0.05, 0.1) is 33.1 Å². The van der Waals surface area contributed by atoms with Gasteiger partial charge in [0.2, 0.25) is 12.0 Å². The molecule has 2 saturated heterocycles. The number of hydrogen-bond acceptors (Lipinski definition) is 12. The molecule has 14 nitrogen and oxygen atoms in total. The highest BCUT2D eigenvalue weighted by molar-refractivity contribution is 5.96. The lowest BCUT2D eigenvalue weighted by atomic mass is 9.52. The third-order valence-corrected chi connectivity index (χ3v) is 15.4. The fraction of sp³-hybridized carbons (Fsp3) is 0.565. The number of aromatic nitrogens is 1. The molecule has 1 amide bonds. The van der Waals surface area contributed by atoms with Gasteiger partial charge in [0.15, 0.2) is 6.10 Å². The molecule has 11 atom stereocenters. The molecule has 3 N–H and O–H groups in total. The van der Waals surface area contributed by atoms with Crippen LogP contribution in [0.4, 0.5) is 10.1 Å². The SMILES string of the molecule is CCC1=CCN2CC[C@]34c5cc([C@@]6(C(=O)OC)C[C@H]7CN(CCc8c6[nH]c6ccccc86)C[C@](O)(C(C)F)C7)c(OC)cc5N(C=O)[C@H]3[C@@](O)(C(=O)OC)[C@H](OC(C)=O)C1[C@H]24. The number of H-pyrrole nitrogens is 1. The van der Waals surface area contributed by atoms with Gasteiger partial charge in [-0.05, 0) is 74.8 Å². The number of alkyl halides is 1. The van der Waals surface area contributed by atoms with Crippen LogP contribution in [0.5, 0.6) is 5.75 Å². The molecule has 1 aromatic heterocycles. The molecular weight excluding hydrogens is 788 g/mol. The van der Waals surface area contributed by atoms with Crippen LogP contribution in [-0.2, 0) is 50.6 Å². The lowest BCUT2D eigenvalue weighted by Gasteiger charge is -2.59. The van der Waals surface area contributed by atoms with Crippen LogP contribution in [-0.4, -0.2) is 139 Å². The van der Waals surface area contributed by atoms with Crippen molar-refractivity contribution in [3.05, 3.63) is 70.4 Å². The number of ether oxygens (including phenoxy) is 4. The van der Waals surface area contributed by atoms with Crippen molar-refractivity contribution in [2.45, 2.75) is 99.3 Å². The average molecular weight is 843 g/mol. The summed E-state index contributed by atoms with van der Waals surface area (Å²) < 4.78 is 38.9. The maximum atomic E-state index is 15.5. The second-order valence-corrected chi connectivity index (χ2v) is 18.1. The molecule has 3 fully saturated rings. The number of fused-ring (bicyclic) bond motifs is 6. The van der Waals surface area contributed by atoms with Gasteiger partial charge in [-0.3, -0.25) is 24.2 Å². The van der Waals surface area contributed by atoms with E-state index < -0.39 is 76.1 Å². The van der Waals surface area contributed by atoms with Gasteiger partial charge < -0.3 is 39.0 Å². The van der Waals surface area contributed by atoms with Crippen molar-refractivity contribution in [3.63, 3.8) is 0 Å². The fourth-order valence-corrected chi connectivity index (χ4v) is 13.1. The zero-order chi connectivity index (χ0) is 43.4.